The van der Waals surface area contributed by atoms with E-state index in [1.165, 1.54) is 6.42 Å². The molecule has 2 aromatic heterocycles. The lowest BCUT2D eigenvalue weighted by Gasteiger charge is -2.32. The van der Waals surface area contributed by atoms with Crippen molar-refractivity contribution in [2.24, 2.45) is 0 Å². The fourth-order valence-corrected chi connectivity index (χ4v) is 1.62. The second kappa shape index (κ2) is 2.60. The van der Waals surface area contributed by atoms with Crippen LogP contribution in [0, 0.1) is 0 Å². The molecule has 2 aromatic rings. The Morgan fingerprint density at radius 3 is 2.93 bits per heavy atom. The molecule has 0 spiro atoms. The number of anilines is 2. The van der Waals surface area contributed by atoms with Crippen LogP contribution in [0.1, 0.15) is 6.42 Å². The first-order chi connectivity index (χ1) is 6.83. The molecule has 0 atom stereocenters. The van der Waals surface area contributed by atoms with Gasteiger partial charge in [-0.25, -0.2) is 9.50 Å². The quantitative estimate of drug-likeness (QED) is 0.710. The minimum absolute atomic E-state index is 0.512. The number of hydrogen-bond acceptors (Lipinski definition) is 4. The lowest BCUT2D eigenvalue weighted by molar-refractivity contribution is 0.614. The van der Waals surface area contributed by atoms with Crippen LogP contribution in [-0.2, 0) is 0 Å². The summed E-state index contributed by atoms with van der Waals surface area (Å²) in [5, 5.41) is 4.12. The Kier molecular flexibility index (Phi) is 1.41. The third-order valence-electron chi connectivity index (χ3n) is 2.54. The van der Waals surface area contributed by atoms with Crippen molar-refractivity contribution in [2.75, 3.05) is 23.7 Å². The van der Waals surface area contributed by atoms with E-state index < -0.39 is 0 Å². The van der Waals surface area contributed by atoms with Crippen molar-refractivity contribution in [1.82, 2.24) is 14.6 Å². The van der Waals surface area contributed by atoms with Crippen molar-refractivity contribution in [2.45, 2.75) is 6.42 Å². The van der Waals surface area contributed by atoms with E-state index in [4.69, 9.17) is 5.73 Å². The monoisotopic (exact) mass is 189 g/mol. The van der Waals surface area contributed by atoms with Crippen LogP contribution in [0.25, 0.3) is 5.65 Å². The van der Waals surface area contributed by atoms with E-state index in [9.17, 15) is 0 Å². The van der Waals surface area contributed by atoms with E-state index in [1.54, 1.807) is 10.6 Å². The summed E-state index contributed by atoms with van der Waals surface area (Å²) in [5.41, 5.74) is 7.49. The van der Waals surface area contributed by atoms with Crippen LogP contribution < -0.4 is 10.6 Å². The molecule has 5 heteroatoms. The van der Waals surface area contributed by atoms with Gasteiger partial charge in [-0.3, -0.25) is 0 Å². The summed E-state index contributed by atoms with van der Waals surface area (Å²) in [6.45, 7) is 2.23. The molecule has 1 aliphatic heterocycles. The van der Waals surface area contributed by atoms with Crippen molar-refractivity contribution < 1.29 is 0 Å². The third-order valence-corrected chi connectivity index (χ3v) is 2.54. The molecule has 3 rings (SSSR count). The van der Waals surface area contributed by atoms with Gasteiger partial charge in [0.05, 0.1) is 18.1 Å². The van der Waals surface area contributed by atoms with Crippen LogP contribution in [-0.4, -0.2) is 27.7 Å². The zero-order valence-corrected chi connectivity index (χ0v) is 7.72. The van der Waals surface area contributed by atoms with Crippen LogP contribution in [0.3, 0.4) is 0 Å². The zero-order chi connectivity index (χ0) is 9.54. The molecule has 0 bridgehead atoms. The van der Waals surface area contributed by atoms with Gasteiger partial charge in [-0.1, -0.05) is 0 Å². The van der Waals surface area contributed by atoms with E-state index in [0.29, 0.717) is 5.82 Å². The lowest BCUT2D eigenvalue weighted by atomic mass is 10.2. The molecule has 1 saturated heterocycles. The van der Waals surface area contributed by atoms with Crippen LogP contribution in [0.5, 0.6) is 0 Å². The molecule has 72 valence electrons. The molecule has 0 radical (unpaired) electrons. The van der Waals surface area contributed by atoms with E-state index in [1.807, 2.05) is 12.4 Å². The first-order valence-electron chi connectivity index (χ1n) is 4.69. The second-order valence-corrected chi connectivity index (χ2v) is 3.52. The molecule has 0 aliphatic carbocycles. The maximum absolute atomic E-state index is 5.58. The number of fused-ring (bicyclic) bond motifs is 1. The number of nitrogens with two attached hydrogens (primary N) is 1. The van der Waals surface area contributed by atoms with Gasteiger partial charge in [0.2, 0.25) is 0 Å². The molecule has 1 aliphatic rings. The predicted octanol–water partition coefficient (Wildman–Crippen LogP) is 0.522. The van der Waals surface area contributed by atoms with E-state index >= 15 is 0 Å². The highest BCUT2D eigenvalue weighted by atomic mass is 15.3. The third kappa shape index (κ3) is 1.02. The van der Waals surface area contributed by atoms with Gasteiger partial charge in [-0.2, -0.15) is 0 Å². The Labute approximate surface area is 81.1 Å². The molecular formula is C9H11N5. The Hall–Kier alpha value is -1.78. The van der Waals surface area contributed by atoms with Crippen molar-refractivity contribution in [3.05, 3.63) is 18.5 Å². The first-order valence-corrected chi connectivity index (χ1v) is 4.69. The normalized spacial score (nSPS) is 15.9. The van der Waals surface area contributed by atoms with Gasteiger partial charge in [-0.05, 0) is 6.42 Å². The van der Waals surface area contributed by atoms with E-state index in [-0.39, 0.29) is 0 Å². The minimum atomic E-state index is 0.512. The topological polar surface area (TPSA) is 59.5 Å². The Morgan fingerprint density at radius 2 is 2.21 bits per heavy atom. The van der Waals surface area contributed by atoms with Gasteiger partial charge in [-0.15, -0.1) is 5.10 Å². The average molecular weight is 189 g/mol. The Morgan fingerprint density at radius 1 is 1.36 bits per heavy atom. The number of nitrogen functional groups attached to an aromatic ring is 1. The van der Waals surface area contributed by atoms with Crippen LogP contribution >= 0.6 is 0 Å². The molecule has 0 unspecified atom stereocenters. The Balaban J connectivity index is 2.09. The molecule has 0 aromatic carbocycles. The number of nitrogens with zero attached hydrogens (tertiary/aromatic N) is 4. The summed E-state index contributed by atoms with van der Waals surface area (Å²) in [7, 11) is 0. The number of hydrogen-bond donors (Lipinski definition) is 1. The van der Waals surface area contributed by atoms with Crippen LogP contribution in [0.4, 0.5) is 11.5 Å². The summed E-state index contributed by atoms with van der Waals surface area (Å²) in [5.74, 6) is 0.512. The molecule has 1 fully saturated rings. The van der Waals surface area contributed by atoms with Gasteiger partial charge in [0.25, 0.3) is 0 Å². The largest absolute Gasteiger partial charge is 0.382 e. The fourth-order valence-electron chi connectivity index (χ4n) is 1.62. The molecule has 0 amide bonds. The summed E-state index contributed by atoms with van der Waals surface area (Å²) < 4.78 is 1.73. The highest BCUT2D eigenvalue weighted by Crippen LogP contribution is 2.19. The average Bonchev–Trinajstić information content (AvgIpc) is 2.40. The second-order valence-electron chi connectivity index (χ2n) is 3.52. The zero-order valence-electron chi connectivity index (χ0n) is 7.72. The highest BCUT2D eigenvalue weighted by molar-refractivity contribution is 5.53. The van der Waals surface area contributed by atoms with Gasteiger partial charge in [0.1, 0.15) is 5.82 Å². The molecule has 2 N–H and O–H groups in total. The molecular weight excluding hydrogens is 178 g/mol. The summed E-state index contributed by atoms with van der Waals surface area (Å²) >= 11 is 0. The van der Waals surface area contributed by atoms with Crippen molar-refractivity contribution >= 4 is 17.2 Å². The summed E-state index contributed by atoms with van der Waals surface area (Å²) in [4.78, 5) is 6.55. The van der Waals surface area contributed by atoms with Gasteiger partial charge >= 0.3 is 0 Å². The van der Waals surface area contributed by atoms with Crippen LogP contribution in [0.2, 0.25) is 0 Å². The number of rotatable bonds is 1. The fraction of sp³-hybridized carbons (Fsp3) is 0.333. The van der Waals surface area contributed by atoms with Crippen molar-refractivity contribution in [3.63, 3.8) is 0 Å². The first kappa shape index (κ1) is 7.61. The van der Waals surface area contributed by atoms with Crippen LogP contribution in [0.15, 0.2) is 18.5 Å². The minimum Gasteiger partial charge on any atom is -0.382 e. The van der Waals surface area contributed by atoms with E-state index in [0.717, 1.165) is 24.4 Å². The van der Waals surface area contributed by atoms with E-state index in [2.05, 4.69) is 15.0 Å². The van der Waals surface area contributed by atoms with Gasteiger partial charge in [0.15, 0.2) is 5.65 Å². The molecule has 0 saturated carbocycles. The SMILES string of the molecule is Nc1cc2ncc(N3CCC3)cn2n1. The summed E-state index contributed by atoms with van der Waals surface area (Å²) in [6.07, 6.45) is 5.10. The standard InChI is InChI=1S/C9H11N5/c10-8-4-9-11-5-7(6-14(9)12-8)13-2-1-3-13/h4-6H,1-3H2,(H2,10,12). The van der Waals surface area contributed by atoms with Crippen molar-refractivity contribution in [1.29, 1.82) is 0 Å². The molecule has 14 heavy (non-hydrogen) atoms. The lowest BCUT2D eigenvalue weighted by Crippen LogP contribution is -2.37. The van der Waals surface area contributed by atoms with Crippen molar-refractivity contribution in [3.8, 4) is 0 Å². The number of aromatic nitrogens is 3. The predicted molar refractivity (Wildman–Crippen MR) is 54.2 cm³/mol. The van der Waals surface area contributed by atoms with Gasteiger partial charge < -0.3 is 10.6 Å². The molecule has 5 nitrogen and oxygen atoms in total. The van der Waals surface area contributed by atoms with Gasteiger partial charge in [0, 0.05) is 19.2 Å². The highest BCUT2D eigenvalue weighted by Gasteiger charge is 2.15. The molecule has 3 heterocycles. The summed E-state index contributed by atoms with van der Waals surface area (Å²) in [6, 6.07) is 1.76. The maximum atomic E-state index is 5.58. The maximum Gasteiger partial charge on any atom is 0.157 e. The Bertz CT molecular complexity index is 471. The smallest absolute Gasteiger partial charge is 0.157 e.